The van der Waals surface area contributed by atoms with Crippen LogP contribution in [0.25, 0.3) is 0 Å². The maximum absolute atomic E-state index is 11.6. The topological polar surface area (TPSA) is 72.5 Å². The maximum Gasteiger partial charge on any atom is 0.407 e. The first-order valence-corrected chi connectivity index (χ1v) is 6.81. The number of carbonyl (C=O) groups excluding carboxylic acids is 1. The Kier molecular flexibility index (Phi) is 2.41. The fourth-order valence-corrected chi connectivity index (χ4v) is 4.27. The fraction of sp³-hybridized carbons (Fsp3) is 0.889. The lowest BCUT2D eigenvalue weighted by atomic mass is 9.98. The van der Waals surface area contributed by atoms with E-state index in [1.165, 1.54) is 0 Å². The first-order valence-electron chi connectivity index (χ1n) is 5.10. The van der Waals surface area contributed by atoms with Crippen molar-refractivity contribution in [2.24, 2.45) is 0 Å². The Hall–Kier alpha value is -0.780. The molecule has 0 saturated carbocycles. The molecule has 0 radical (unpaired) electrons. The first kappa shape index (κ1) is 10.7. The molecule has 0 aliphatic carbocycles. The third-order valence-electron chi connectivity index (χ3n) is 3.07. The van der Waals surface area contributed by atoms with Gasteiger partial charge in [0.05, 0.1) is 17.5 Å². The molecule has 1 N–H and O–H groups in total. The molecular formula is C9H15NO4S. The lowest BCUT2D eigenvalue weighted by molar-refractivity contribution is 0.0642. The molecular weight excluding hydrogens is 218 g/mol. The van der Waals surface area contributed by atoms with Crippen molar-refractivity contribution in [3.05, 3.63) is 0 Å². The van der Waals surface area contributed by atoms with Crippen molar-refractivity contribution in [2.45, 2.75) is 37.0 Å². The van der Waals surface area contributed by atoms with Gasteiger partial charge in [-0.2, -0.15) is 0 Å². The molecule has 15 heavy (non-hydrogen) atoms. The SMILES string of the molecule is CC1(CC2CCCS2(=O)=O)CNC(=O)O1. The van der Waals surface area contributed by atoms with Gasteiger partial charge in [-0.15, -0.1) is 0 Å². The van der Waals surface area contributed by atoms with Crippen LogP contribution in [0.2, 0.25) is 0 Å². The number of nitrogens with one attached hydrogen (secondary N) is 1. The van der Waals surface area contributed by atoms with E-state index in [1.807, 2.05) is 0 Å². The molecule has 0 spiro atoms. The summed E-state index contributed by atoms with van der Waals surface area (Å²) in [5, 5.41) is 2.22. The Balaban J connectivity index is 2.06. The number of sulfone groups is 1. The first-order chi connectivity index (χ1) is 6.91. The normalized spacial score (nSPS) is 38.7. The molecule has 2 heterocycles. The van der Waals surface area contributed by atoms with Gasteiger partial charge in [-0.1, -0.05) is 0 Å². The Morgan fingerprint density at radius 3 is 2.80 bits per heavy atom. The van der Waals surface area contributed by atoms with Gasteiger partial charge in [0.25, 0.3) is 0 Å². The third kappa shape index (κ3) is 2.09. The second-order valence-corrected chi connectivity index (χ2v) is 6.93. The van der Waals surface area contributed by atoms with Crippen LogP contribution >= 0.6 is 0 Å². The minimum Gasteiger partial charge on any atom is -0.441 e. The van der Waals surface area contributed by atoms with Gasteiger partial charge in [-0.25, -0.2) is 13.2 Å². The summed E-state index contributed by atoms with van der Waals surface area (Å²) in [5.41, 5.74) is -0.654. The van der Waals surface area contributed by atoms with Crippen LogP contribution in [0.5, 0.6) is 0 Å². The van der Waals surface area contributed by atoms with Gasteiger partial charge in [-0.3, -0.25) is 0 Å². The summed E-state index contributed by atoms with van der Waals surface area (Å²) in [4.78, 5) is 10.9. The van der Waals surface area contributed by atoms with Crippen molar-refractivity contribution in [2.75, 3.05) is 12.3 Å². The predicted molar refractivity (Wildman–Crippen MR) is 54.3 cm³/mol. The van der Waals surface area contributed by atoms with E-state index in [2.05, 4.69) is 5.32 Å². The quantitative estimate of drug-likeness (QED) is 0.751. The van der Waals surface area contributed by atoms with Crippen LogP contribution in [0.4, 0.5) is 4.79 Å². The van der Waals surface area contributed by atoms with Gasteiger partial charge in [-0.05, 0) is 19.8 Å². The predicted octanol–water partition coefficient (Wildman–Crippen LogP) is 0.452. The molecule has 1 amide bonds. The van der Waals surface area contributed by atoms with E-state index in [4.69, 9.17) is 4.74 Å². The highest BCUT2D eigenvalue weighted by atomic mass is 32.2. The van der Waals surface area contributed by atoms with E-state index in [0.717, 1.165) is 6.42 Å². The molecule has 2 rings (SSSR count). The van der Waals surface area contributed by atoms with Crippen LogP contribution in [0.1, 0.15) is 26.2 Å². The van der Waals surface area contributed by atoms with Crippen LogP contribution in [0.3, 0.4) is 0 Å². The number of hydrogen-bond donors (Lipinski definition) is 1. The fourth-order valence-electron chi connectivity index (χ4n) is 2.24. The monoisotopic (exact) mass is 233 g/mol. The molecule has 0 bridgehead atoms. The molecule has 86 valence electrons. The van der Waals surface area contributed by atoms with Gasteiger partial charge >= 0.3 is 6.09 Å². The van der Waals surface area contributed by atoms with E-state index in [1.54, 1.807) is 6.92 Å². The standard InChI is InChI=1S/C9H15NO4S/c1-9(6-10-8(11)14-9)5-7-3-2-4-15(7,12)13/h7H,2-6H2,1H3,(H,10,11). The van der Waals surface area contributed by atoms with Crippen molar-refractivity contribution in [3.8, 4) is 0 Å². The molecule has 0 aromatic rings. The van der Waals surface area contributed by atoms with E-state index in [-0.39, 0.29) is 11.0 Å². The third-order valence-corrected chi connectivity index (χ3v) is 5.34. The van der Waals surface area contributed by atoms with Crippen LogP contribution in [0, 0.1) is 0 Å². The van der Waals surface area contributed by atoms with E-state index in [0.29, 0.717) is 19.4 Å². The number of alkyl carbamates (subject to hydrolysis) is 1. The maximum atomic E-state index is 11.6. The number of ether oxygens (including phenoxy) is 1. The van der Waals surface area contributed by atoms with Gasteiger partial charge in [0.2, 0.25) is 0 Å². The smallest absolute Gasteiger partial charge is 0.407 e. The zero-order valence-corrected chi connectivity index (χ0v) is 9.47. The summed E-state index contributed by atoms with van der Waals surface area (Å²) < 4.78 is 28.3. The zero-order valence-electron chi connectivity index (χ0n) is 8.65. The summed E-state index contributed by atoms with van der Waals surface area (Å²) in [6.07, 6.45) is 1.38. The highest BCUT2D eigenvalue weighted by molar-refractivity contribution is 7.92. The molecule has 0 aromatic heterocycles. The minimum atomic E-state index is -2.95. The zero-order chi connectivity index (χ0) is 11.1. The average Bonchev–Trinajstić information content (AvgIpc) is 2.58. The molecule has 2 aliphatic heterocycles. The molecule has 2 atom stereocenters. The number of amides is 1. The number of hydrogen-bond acceptors (Lipinski definition) is 4. The number of rotatable bonds is 2. The van der Waals surface area contributed by atoms with E-state index >= 15 is 0 Å². The minimum absolute atomic E-state index is 0.273. The molecule has 2 fully saturated rings. The van der Waals surface area contributed by atoms with Crippen LogP contribution in [0.15, 0.2) is 0 Å². The summed E-state index contributed by atoms with van der Waals surface area (Å²) >= 11 is 0. The van der Waals surface area contributed by atoms with Crippen molar-refractivity contribution in [1.82, 2.24) is 5.32 Å². The lowest BCUT2D eigenvalue weighted by Gasteiger charge is -2.23. The summed E-state index contributed by atoms with van der Waals surface area (Å²) in [7, 11) is -2.95. The summed E-state index contributed by atoms with van der Waals surface area (Å²) in [5.74, 6) is 0.273. The summed E-state index contributed by atoms with van der Waals surface area (Å²) in [6.45, 7) is 2.18. The molecule has 2 saturated heterocycles. The Labute approximate surface area is 89.1 Å². The Morgan fingerprint density at radius 1 is 1.60 bits per heavy atom. The molecule has 2 aliphatic rings. The molecule has 0 aromatic carbocycles. The van der Waals surface area contributed by atoms with Crippen LogP contribution in [-0.2, 0) is 14.6 Å². The second-order valence-electron chi connectivity index (χ2n) is 4.53. The van der Waals surface area contributed by atoms with Crippen molar-refractivity contribution < 1.29 is 17.9 Å². The van der Waals surface area contributed by atoms with Gasteiger partial charge < -0.3 is 10.1 Å². The Morgan fingerprint density at radius 2 is 2.33 bits per heavy atom. The number of carbonyl (C=O) groups is 1. The highest BCUT2D eigenvalue weighted by Gasteiger charge is 2.42. The lowest BCUT2D eigenvalue weighted by Crippen LogP contribution is -2.35. The van der Waals surface area contributed by atoms with Crippen LogP contribution < -0.4 is 5.32 Å². The highest BCUT2D eigenvalue weighted by Crippen LogP contribution is 2.30. The Bertz CT molecular complexity index is 378. The molecule has 2 unspecified atom stereocenters. The van der Waals surface area contributed by atoms with Crippen LogP contribution in [-0.4, -0.2) is 37.7 Å². The van der Waals surface area contributed by atoms with Crippen molar-refractivity contribution in [1.29, 1.82) is 0 Å². The summed E-state index contributed by atoms with van der Waals surface area (Å²) in [6, 6.07) is 0. The van der Waals surface area contributed by atoms with E-state index < -0.39 is 21.5 Å². The molecule has 5 nitrogen and oxygen atoms in total. The van der Waals surface area contributed by atoms with Crippen molar-refractivity contribution >= 4 is 15.9 Å². The van der Waals surface area contributed by atoms with Gasteiger partial charge in [0, 0.05) is 6.42 Å². The van der Waals surface area contributed by atoms with Gasteiger partial charge in [0.1, 0.15) is 5.60 Å². The van der Waals surface area contributed by atoms with E-state index in [9.17, 15) is 13.2 Å². The second kappa shape index (κ2) is 3.37. The number of cyclic esters (lactones) is 1. The van der Waals surface area contributed by atoms with Crippen molar-refractivity contribution in [3.63, 3.8) is 0 Å². The van der Waals surface area contributed by atoms with Gasteiger partial charge in [0.15, 0.2) is 9.84 Å². The molecule has 6 heteroatoms. The largest absolute Gasteiger partial charge is 0.441 e. The average molecular weight is 233 g/mol.